The van der Waals surface area contributed by atoms with Crippen molar-refractivity contribution < 1.29 is 13.6 Å². The van der Waals surface area contributed by atoms with Crippen molar-refractivity contribution in [3.8, 4) is 0 Å². The van der Waals surface area contributed by atoms with Crippen LogP contribution in [0.1, 0.15) is 10.4 Å². The average Bonchev–Trinajstić information content (AvgIpc) is 2.89. The summed E-state index contributed by atoms with van der Waals surface area (Å²) in [5.41, 5.74) is 0.868. The topological polar surface area (TPSA) is 57.8 Å². The van der Waals surface area contributed by atoms with Gasteiger partial charge >= 0.3 is 0 Å². The molecule has 0 aliphatic rings. The molecule has 1 amide bonds. The Kier molecular flexibility index (Phi) is 2.90. The second kappa shape index (κ2) is 4.73. The molecule has 20 heavy (non-hydrogen) atoms. The Balaban J connectivity index is 1.89. The average molecular weight is 273 g/mol. The molecule has 0 fully saturated rings. The van der Waals surface area contributed by atoms with Crippen molar-refractivity contribution in [2.75, 3.05) is 5.32 Å². The third kappa shape index (κ3) is 2.23. The van der Waals surface area contributed by atoms with Crippen LogP contribution in [-0.2, 0) is 0 Å². The number of hydrogen-bond donors (Lipinski definition) is 2. The molecule has 3 aromatic rings. The van der Waals surface area contributed by atoms with Gasteiger partial charge in [0.25, 0.3) is 5.91 Å². The third-order valence-electron chi connectivity index (χ3n) is 2.87. The van der Waals surface area contributed by atoms with Gasteiger partial charge in [0.05, 0.1) is 17.3 Å². The second-order valence-corrected chi connectivity index (χ2v) is 4.25. The number of halogens is 2. The standard InChI is InChI=1S/C14H9F2N3O/c15-9-2-4-12(16)11(5-9)14(20)18-10-3-1-8-7-17-19-13(8)6-10/h1-7H,(H,17,19)(H,18,20). The van der Waals surface area contributed by atoms with Crippen molar-refractivity contribution in [3.63, 3.8) is 0 Å². The van der Waals surface area contributed by atoms with E-state index < -0.39 is 17.5 Å². The lowest BCUT2D eigenvalue weighted by atomic mass is 10.2. The van der Waals surface area contributed by atoms with Crippen LogP contribution in [0.3, 0.4) is 0 Å². The summed E-state index contributed by atoms with van der Waals surface area (Å²) >= 11 is 0. The van der Waals surface area contributed by atoms with Gasteiger partial charge in [0.1, 0.15) is 11.6 Å². The van der Waals surface area contributed by atoms with Crippen LogP contribution in [0, 0.1) is 11.6 Å². The van der Waals surface area contributed by atoms with Crippen LogP contribution in [0.4, 0.5) is 14.5 Å². The maximum Gasteiger partial charge on any atom is 0.258 e. The summed E-state index contributed by atoms with van der Waals surface area (Å²) in [5, 5.41) is 10.0. The number of hydrogen-bond acceptors (Lipinski definition) is 2. The molecule has 6 heteroatoms. The first-order chi connectivity index (χ1) is 9.63. The van der Waals surface area contributed by atoms with Gasteiger partial charge in [0, 0.05) is 11.1 Å². The first-order valence-electron chi connectivity index (χ1n) is 5.83. The predicted octanol–water partition coefficient (Wildman–Crippen LogP) is 3.09. The van der Waals surface area contributed by atoms with E-state index in [1.165, 1.54) is 0 Å². The number of aromatic amines is 1. The highest BCUT2D eigenvalue weighted by Crippen LogP contribution is 2.18. The lowest BCUT2D eigenvalue weighted by molar-refractivity contribution is 0.102. The van der Waals surface area contributed by atoms with Crippen LogP contribution in [0.25, 0.3) is 10.9 Å². The molecule has 2 N–H and O–H groups in total. The lowest BCUT2D eigenvalue weighted by Crippen LogP contribution is -2.14. The number of H-pyrrole nitrogens is 1. The zero-order valence-electron chi connectivity index (χ0n) is 10.2. The van der Waals surface area contributed by atoms with Crippen molar-refractivity contribution in [2.24, 2.45) is 0 Å². The molecule has 2 aromatic carbocycles. The minimum atomic E-state index is -0.772. The highest BCUT2D eigenvalue weighted by molar-refractivity contribution is 6.05. The third-order valence-corrected chi connectivity index (χ3v) is 2.87. The van der Waals surface area contributed by atoms with Crippen LogP contribution in [0.15, 0.2) is 42.6 Å². The van der Waals surface area contributed by atoms with Crippen LogP contribution < -0.4 is 5.32 Å². The Hall–Kier alpha value is -2.76. The van der Waals surface area contributed by atoms with Gasteiger partial charge in [0.2, 0.25) is 0 Å². The van der Waals surface area contributed by atoms with Gasteiger partial charge in [-0.25, -0.2) is 8.78 Å². The fourth-order valence-corrected chi connectivity index (χ4v) is 1.88. The van der Waals surface area contributed by atoms with Gasteiger partial charge in [-0.05, 0) is 36.4 Å². The fourth-order valence-electron chi connectivity index (χ4n) is 1.88. The van der Waals surface area contributed by atoms with Crippen molar-refractivity contribution in [1.82, 2.24) is 10.2 Å². The van der Waals surface area contributed by atoms with E-state index in [0.717, 1.165) is 29.1 Å². The van der Waals surface area contributed by atoms with Crippen molar-refractivity contribution >= 4 is 22.5 Å². The second-order valence-electron chi connectivity index (χ2n) is 4.25. The van der Waals surface area contributed by atoms with Gasteiger partial charge in [-0.3, -0.25) is 9.89 Å². The largest absolute Gasteiger partial charge is 0.322 e. The van der Waals surface area contributed by atoms with Crippen LogP contribution in [-0.4, -0.2) is 16.1 Å². The molecule has 0 aliphatic carbocycles. The zero-order chi connectivity index (χ0) is 14.1. The number of amides is 1. The summed E-state index contributed by atoms with van der Waals surface area (Å²) in [5.74, 6) is -2.15. The van der Waals surface area contributed by atoms with Gasteiger partial charge in [-0.15, -0.1) is 0 Å². The van der Waals surface area contributed by atoms with Crippen molar-refractivity contribution in [1.29, 1.82) is 0 Å². The monoisotopic (exact) mass is 273 g/mol. The highest BCUT2D eigenvalue weighted by atomic mass is 19.1. The molecule has 0 saturated carbocycles. The summed E-state index contributed by atoms with van der Waals surface area (Å²) in [6.07, 6.45) is 1.65. The van der Waals surface area contributed by atoms with Gasteiger partial charge in [-0.1, -0.05) is 0 Å². The Bertz CT molecular complexity index is 798. The first kappa shape index (κ1) is 12.3. The summed E-state index contributed by atoms with van der Waals surface area (Å²) in [4.78, 5) is 11.9. The normalized spacial score (nSPS) is 10.7. The van der Waals surface area contributed by atoms with Gasteiger partial charge in [0.15, 0.2) is 0 Å². The molecule has 0 saturated heterocycles. The number of anilines is 1. The summed E-state index contributed by atoms with van der Waals surface area (Å²) in [7, 11) is 0. The first-order valence-corrected chi connectivity index (χ1v) is 5.83. The molecule has 3 rings (SSSR count). The Labute approximate surface area is 112 Å². The van der Waals surface area contributed by atoms with Gasteiger partial charge in [-0.2, -0.15) is 5.10 Å². The van der Waals surface area contributed by atoms with Gasteiger partial charge < -0.3 is 5.32 Å². The quantitative estimate of drug-likeness (QED) is 0.753. The van der Waals surface area contributed by atoms with E-state index in [9.17, 15) is 13.6 Å². The number of benzene rings is 2. The molecule has 0 atom stereocenters. The van der Waals surface area contributed by atoms with E-state index in [-0.39, 0.29) is 5.56 Å². The summed E-state index contributed by atoms with van der Waals surface area (Å²) in [6, 6.07) is 7.82. The molecule has 100 valence electrons. The maximum atomic E-state index is 13.5. The summed E-state index contributed by atoms with van der Waals surface area (Å²) in [6.45, 7) is 0. The number of nitrogens with zero attached hydrogens (tertiary/aromatic N) is 1. The highest BCUT2D eigenvalue weighted by Gasteiger charge is 2.13. The minimum Gasteiger partial charge on any atom is -0.322 e. The van der Waals surface area contributed by atoms with Crippen molar-refractivity contribution in [2.45, 2.75) is 0 Å². The van der Waals surface area contributed by atoms with E-state index in [1.54, 1.807) is 24.4 Å². The van der Waals surface area contributed by atoms with Crippen LogP contribution in [0.2, 0.25) is 0 Å². The molecule has 0 unspecified atom stereocenters. The van der Waals surface area contributed by atoms with E-state index in [1.807, 2.05) is 0 Å². The van der Waals surface area contributed by atoms with E-state index >= 15 is 0 Å². The molecular weight excluding hydrogens is 264 g/mol. The molecule has 0 radical (unpaired) electrons. The number of carbonyl (C=O) groups is 1. The molecule has 0 aliphatic heterocycles. The number of nitrogens with one attached hydrogen (secondary N) is 2. The maximum absolute atomic E-state index is 13.5. The molecule has 4 nitrogen and oxygen atoms in total. The minimum absolute atomic E-state index is 0.338. The number of carbonyl (C=O) groups excluding carboxylic acids is 1. The smallest absolute Gasteiger partial charge is 0.258 e. The van der Waals surface area contributed by atoms with Crippen LogP contribution >= 0.6 is 0 Å². The number of rotatable bonds is 2. The Morgan fingerprint density at radius 3 is 2.85 bits per heavy atom. The number of aromatic nitrogens is 2. The molecule has 1 aromatic heterocycles. The fraction of sp³-hybridized carbons (Fsp3) is 0. The summed E-state index contributed by atoms with van der Waals surface area (Å²) < 4.78 is 26.5. The van der Waals surface area contributed by atoms with E-state index in [2.05, 4.69) is 15.5 Å². The Morgan fingerprint density at radius 1 is 1.15 bits per heavy atom. The Morgan fingerprint density at radius 2 is 2.00 bits per heavy atom. The van der Waals surface area contributed by atoms with Crippen LogP contribution in [0.5, 0.6) is 0 Å². The molecule has 0 spiro atoms. The zero-order valence-corrected chi connectivity index (χ0v) is 10.2. The molecule has 1 heterocycles. The van der Waals surface area contributed by atoms with Crippen molar-refractivity contribution in [3.05, 3.63) is 59.8 Å². The molecule has 0 bridgehead atoms. The number of fused-ring (bicyclic) bond motifs is 1. The van der Waals surface area contributed by atoms with E-state index in [4.69, 9.17) is 0 Å². The van der Waals surface area contributed by atoms with E-state index in [0.29, 0.717) is 5.69 Å². The molecular formula is C14H9F2N3O. The SMILES string of the molecule is O=C(Nc1ccc2cn[nH]c2c1)c1cc(F)ccc1F. The predicted molar refractivity (Wildman–Crippen MR) is 70.4 cm³/mol. The lowest BCUT2D eigenvalue weighted by Gasteiger charge is -2.06.